The summed E-state index contributed by atoms with van der Waals surface area (Å²) in [6.07, 6.45) is 18.9. The van der Waals surface area contributed by atoms with Gasteiger partial charge in [0, 0.05) is 52.8 Å². The highest BCUT2D eigenvalue weighted by Gasteiger charge is 2.42. The molecule has 0 saturated carbocycles. The Morgan fingerprint density at radius 1 is 0.895 bits per heavy atom. The number of nitrogens with zero attached hydrogens (tertiary/aromatic N) is 3. The van der Waals surface area contributed by atoms with E-state index in [0.29, 0.717) is 25.0 Å². The Morgan fingerprint density at radius 3 is 2.25 bits per heavy atom. The Labute approximate surface area is 340 Å². The number of nitrogens with one attached hydrogen (secondary N) is 1. The van der Waals surface area contributed by atoms with Gasteiger partial charge in [-0.1, -0.05) is 49.6 Å². The lowest BCUT2D eigenvalue weighted by Crippen LogP contribution is -2.16. The second-order valence-corrected chi connectivity index (χ2v) is 16.6. The molecule has 6 aliphatic rings. The molecule has 1 fully saturated rings. The molecule has 0 spiro atoms. The summed E-state index contributed by atoms with van der Waals surface area (Å²) in [7, 11) is 0. The third kappa shape index (κ3) is 8.86. The molecule has 0 unspecified atom stereocenters. The van der Waals surface area contributed by atoms with Gasteiger partial charge in [0.25, 0.3) is 0 Å². The number of allylic oxidation sites excluding steroid dienone is 16. The van der Waals surface area contributed by atoms with Crippen molar-refractivity contribution >= 4 is 23.1 Å². The van der Waals surface area contributed by atoms with Crippen LogP contribution in [0.15, 0.2) is 141 Å². The van der Waals surface area contributed by atoms with Crippen molar-refractivity contribution in [3.8, 4) is 0 Å². The summed E-state index contributed by atoms with van der Waals surface area (Å²) in [6.45, 7) is 21.1. The maximum absolute atomic E-state index is 13.2. The van der Waals surface area contributed by atoms with Crippen LogP contribution < -0.4 is 5.32 Å². The minimum atomic E-state index is -0.716. The Morgan fingerprint density at radius 2 is 1.56 bits per heavy atom. The molecule has 5 aliphatic heterocycles. The van der Waals surface area contributed by atoms with Gasteiger partial charge >= 0.3 is 5.97 Å². The fraction of sp³-hybridized carbons (Fsp3) is 0.469. The van der Waals surface area contributed by atoms with E-state index in [1.54, 1.807) is 6.92 Å². The number of rotatable bonds is 14. The molecule has 0 aromatic heterocycles. The molecule has 302 valence electrons. The number of hydrogen-bond acceptors (Lipinski definition) is 8. The fourth-order valence-corrected chi connectivity index (χ4v) is 8.86. The van der Waals surface area contributed by atoms with E-state index in [2.05, 4.69) is 85.0 Å². The number of ether oxygens (including phenoxy) is 1. The number of esters is 1. The largest absolute Gasteiger partial charge is 0.511 e. The Bertz CT molecular complexity index is 2180. The van der Waals surface area contributed by atoms with E-state index in [0.717, 1.165) is 117 Å². The summed E-state index contributed by atoms with van der Waals surface area (Å²) in [6, 6.07) is 0. The van der Waals surface area contributed by atoms with Crippen LogP contribution in [0.1, 0.15) is 127 Å². The summed E-state index contributed by atoms with van der Waals surface area (Å²) in [4.78, 5) is 28.7. The van der Waals surface area contributed by atoms with Crippen molar-refractivity contribution in [3.05, 3.63) is 126 Å². The number of carbonyl (C=O) groups is 1. The second kappa shape index (κ2) is 17.8. The lowest BCUT2D eigenvalue weighted by Gasteiger charge is -2.17. The standard InChI is InChI=1S/C49H62N4O4/c1-11-34-30(7)38-25-43-46(33(10)54)32(9)40(51-43)24-39-31(8)36(19-20-45(56)57-22-21-29(6)18-14-17-28(5)16-13-15-27(3)4)48(52-39)37-23-44(55)47-35(12-2)42(53-49(37)47)26-41(34)50-38/h15,17,21,24-26,31,33,36,52,54-55H,11-14,16,18-20,22-23H2,1-10H3/b28-17+,29-21+,39-24?,41-26?,43-25?,48-37?/t31-,33+,36-/m0/s1. The molecule has 8 nitrogen and oxygen atoms in total. The number of aliphatic hydroxyl groups excluding tert-OH is 2. The van der Waals surface area contributed by atoms with Crippen LogP contribution in [0.4, 0.5) is 0 Å². The Balaban J connectivity index is 1.28. The average molecular weight is 771 g/mol. The lowest BCUT2D eigenvalue weighted by atomic mass is 9.86. The van der Waals surface area contributed by atoms with E-state index in [1.165, 1.54) is 16.7 Å². The zero-order valence-electron chi connectivity index (χ0n) is 35.8. The van der Waals surface area contributed by atoms with E-state index in [-0.39, 0.29) is 30.8 Å². The predicted molar refractivity (Wildman–Crippen MR) is 234 cm³/mol. The molecule has 8 heteroatoms. The first-order valence-corrected chi connectivity index (χ1v) is 21.0. The fourth-order valence-electron chi connectivity index (χ4n) is 8.86. The summed E-state index contributed by atoms with van der Waals surface area (Å²) in [5, 5.41) is 26.3. The third-order valence-electron chi connectivity index (χ3n) is 12.2. The molecule has 3 N–H and O–H groups in total. The van der Waals surface area contributed by atoms with Crippen LogP contribution in [0.5, 0.6) is 0 Å². The first-order chi connectivity index (χ1) is 27.2. The third-order valence-corrected chi connectivity index (χ3v) is 12.2. The molecule has 5 heterocycles. The molecule has 0 aromatic rings. The van der Waals surface area contributed by atoms with Crippen molar-refractivity contribution in [2.75, 3.05) is 6.61 Å². The second-order valence-electron chi connectivity index (χ2n) is 16.6. The van der Waals surface area contributed by atoms with Gasteiger partial charge in [0.2, 0.25) is 0 Å². The summed E-state index contributed by atoms with van der Waals surface area (Å²) < 4.78 is 5.75. The van der Waals surface area contributed by atoms with Gasteiger partial charge in [-0.25, -0.2) is 15.0 Å². The van der Waals surface area contributed by atoms with Gasteiger partial charge < -0.3 is 20.3 Å². The SMILES string of the molecule is CCC1=C2C=C3N=C(C=C4N=C(C=C5NC(=C6CC(O)=C1C6=N2)[C@@H](CCC(=O)OC/C=C(\C)CC/C=C(\C)CCC=C(C)C)[C@@H]5C)C(C)=C4[C@@H](C)O)C(C)=C3CC. The van der Waals surface area contributed by atoms with Gasteiger partial charge in [0.15, 0.2) is 0 Å². The minimum absolute atomic E-state index is 0.0150. The molecule has 1 saturated heterocycles. The van der Waals surface area contributed by atoms with Crippen LogP contribution in [0.2, 0.25) is 0 Å². The number of carbonyl (C=O) groups excluding carboxylic acids is 1. The van der Waals surface area contributed by atoms with Crippen LogP contribution in [-0.4, -0.2) is 46.0 Å². The molecular weight excluding hydrogens is 709 g/mol. The number of hydrogen-bond donors (Lipinski definition) is 3. The molecular formula is C49H62N4O4. The summed E-state index contributed by atoms with van der Waals surface area (Å²) >= 11 is 0. The normalized spacial score (nSPS) is 22.5. The van der Waals surface area contributed by atoms with Gasteiger partial charge in [0.05, 0.1) is 40.3 Å². The zero-order chi connectivity index (χ0) is 41.1. The van der Waals surface area contributed by atoms with E-state index in [1.807, 2.05) is 19.1 Å². The maximum Gasteiger partial charge on any atom is 0.306 e. The van der Waals surface area contributed by atoms with E-state index in [4.69, 9.17) is 19.7 Å². The van der Waals surface area contributed by atoms with Crippen molar-refractivity contribution in [1.82, 2.24) is 5.32 Å². The topological polar surface area (TPSA) is 116 Å². The monoisotopic (exact) mass is 770 g/mol. The first-order valence-electron chi connectivity index (χ1n) is 21.0. The van der Waals surface area contributed by atoms with Gasteiger partial charge in [-0.2, -0.15) is 0 Å². The molecule has 0 aromatic carbocycles. The number of aliphatic hydroxyl groups is 2. The smallest absolute Gasteiger partial charge is 0.306 e. The molecule has 6 rings (SSSR count). The van der Waals surface area contributed by atoms with Crippen LogP contribution in [0.3, 0.4) is 0 Å². The van der Waals surface area contributed by atoms with E-state index < -0.39 is 6.10 Å². The van der Waals surface area contributed by atoms with Gasteiger partial charge in [-0.05, 0) is 140 Å². The zero-order valence-corrected chi connectivity index (χ0v) is 35.8. The first kappa shape index (κ1) is 41.8. The van der Waals surface area contributed by atoms with E-state index in [9.17, 15) is 15.0 Å². The molecule has 3 atom stereocenters. The molecule has 8 bridgehead atoms. The van der Waals surface area contributed by atoms with Gasteiger partial charge in [-0.15, -0.1) is 0 Å². The highest BCUT2D eigenvalue weighted by Crippen LogP contribution is 2.47. The van der Waals surface area contributed by atoms with Crippen molar-refractivity contribution in [3.63, 3.8) is 0 Å². The van der Waals surface area contributed by atoms with Crippen molar-refractivity contribution in [1.29, 1.82) is 0 Å². The molecule has 1 aliphatic carbocycles. The highest BCUT2D eigenvalue weighted by molar-refractivity contribution is 6.21. The van der Waals surface area contributed by atoms with Crippen LogP contribution in [-0.2, 0) is 9.53 Å². The van der Waals surface area contributed by atoms with Crippen molar-refractivity contribution in [2.24, 2.45) is 26.8 Å². The maximum atomic E-state index is 13.2. The lowest BCUT2D eigenvalue weighted by molar-refractivity contribution is -0.142. The quantitative estimate of drug-likeness (QED) is 0.120. The molecule has 0 amide bonds. The van der Waals surface area contributed by atoms with Crippen LogP contribution in [0, 0.1) is 11.8 Å². The Kier molecular flexibility index (Phi) is 13.0. The van der Waals surface area contributed by atoms with E-state index >= 15 is 0 Å². The highest BCUT2D eigenvalue weighted by atomic mass is 16.5. The number of fused-ring (bicyclic) bond motifs is 5. The van der Waals surface area contributed by atoms with Crippen LogP contribution in [0.25, 0.3) is 0 Å². The summed E-state index contributed by atoms with van der Waals surface area (Å²) in [5.74, 6) is 0.0760. The van der Waals surface area contributed by atoms with Crippen molar-refractivity contribution in [2.45, 2.75) is 133 Å². The Hall–Kier alpha value is -4.82. The molecule has 57 heavy (non-hydrogen) atoms. The predicted octanol–water partition coefficient (Wildman–Crippen LogP) is 11.2. The van der Waals surface area contributed by atoms with Crippen LogP contribution >= 0.6 is 0 Å². The summed E-state index contributed by atoms with van der Waals surface area (Å²) in [5.41, 5.74) is 17.5. The van der Waals surface area contributed by atoms with Crippen molar-refractivity contribution < 1.29 is 19.7 Å². The van der Waals surface area contributed by atoms with Gasteiger partial charge in [0.1, 0.15) is 12.4 Å². The van der Waals surface area contributed by atoms with Gasteiger partial charge in [-0.3, -0.25) is 4.79 Å². The number of aliphatic imine (C=N–C) groups is 3. The average Bonchev–Trinajstić information content (AvgIpc) is 3.92. The minimum Gasteiger partial charge on any atom is -0.511 e. The molecule has 0 radical (unpaired) electrons.